The van der Waals surface area contributed by atoms with E-state index in [1.807, 2.05) is 48.7 Å². The van der Waals surface area contributed by atoms with Gasteiger partial charge in [-0.25, -0.2) is 4.39 Å². The summed E-state index contributed by atoms with van der Waals surface area (Å²) in [6, 6.07) is 15.8. The van der Waals surface area contributed by atoms with E-state index < -0.39 is 11.8 Å². The number of rotatable bonds is 5. The number of carbonyl (C=O) groups is 2. The Morgan fingerprint density at radius 1 is 1.03 bits per heavy atom. The maximum Gasteiger partial charge on any atom is 0.263 e. The minimum absolute atomic E-state index is 0.0000611. The second-order valence-electron chi connectivity index (χ2n) is 7.33. The van der Waals surface area contributed by atoms with Crippen LogP contribution in [-0.4, -0.2) is 21.5 Å². The molecular formula is C24H20FN3O3S. The summed E-state index contributed by atoms with van der Waals surface area (Å²) in [4.78, 5) is 24.3. The molecule has 8 heteroatoms. The molecular weight excluding hydrogens is 429 g/mol. The second kappa shape index (κ2) is 8.76. The van der Waals surface area contributed by atoms with Crippen LogP contribution in [0.25, 0.3) is 11.8 Å². The van der Waals surface area contributed by atoms with Gasteiger partial charge < -0.3 is 9.30 Å². The maximum absolute atomic E-state index is 13.8. The van der Waals surface area contributed by atoms with Crippen LogP contribution >= 0.6 is 12.2 Å². The van der Waals surface area contributed by atoms with Crippen LogP contribution in [0.15, 0.2) is 60.2 Å². The Bertz CT molecular complexity index is 1240. The molecule has 2 aromatic carbocycles. The van der Waals surface area contributed by atoms with Crippen molar-refractivity contribution in [2.75, 3.05) is 0 Å². The minimum atomic E-state index is -0.528. The lowest BCUT2D eigenvalue weighted by Gasteiger charge is -2.16. The lowest BCUT2D eigenvalue weighted by Crippen LogP contribution is -2.51. The number of carbonyl (C=O) groups excluding carboxylic acids is 2. The number of nitrogens with one attached hydrogen (secondary N) is 2. The van der Waals surface area contributed by atoms with Gasteiger partial charge in [-0.05, 0) is 74.1 Å². The number of nitrogens with zero attached hydrogens (tertiary/aromatic N) is 1. The predicted octanol–water partition coefficient (Wildman–Crippen LogP) is 3.73. The largest absolute Gasteiger partial charge is 0.489 e. The fourth-order valence-electron chi connectivity index (χ4n) is 3.56. The molecule has 1 saturated heterocycles. The minimum Gasteiger partial charge on any atom is -0.489 e. The van der Waals surface area contributed by atoms with E-state index in [-0.39, 0.29) is 23.1 Å². The number of ether oxygens (including phenoxy) is 1. The summed E-state index contributed by atoms with van der Waals surface area (Å²) in [7, 11) is 0. The van der Waals surface area contributed by atoms with Gasteiger partial charge in [-0.1, -0.05) is 18.2 Å². The molecule has 0 radical (unpaired) electrons. The zero-order valence-electron chi connectivity index (χ0n) is 17.4. The smallest absolute Gasteiger partial charge is 0.263 e. The van der Waals surface area contributed by atoms with E-state index in [4.69, 9.17) is 17.0 Å². The lowest BCUT2D eigenvalue weighted by molar-refractivity contribution is -0.123. The van der Waals surface area contributed by atoms with Crippen LogP contribution in [-0.2, 0) is 16.2 Å². The van der Waals surface area contributed by atoms with Crippen molar-refractivity contribution in [3.63, 3.8) is 0 Å². The SMILES string of the molecule is Cc1cc(C=C2C(=O)NC(=S)NC2=O)c(C)n1-c1ccc(OCc2ccccc2F)cc1. The number of hydrogen-bond donors (Lipinski definition) is 2. The molecule has 0 bridgehead atoms. The molecule has 1 aliphatic rings. The average molecular weight is 450 g/mol. The number of aromatic nitrogens is 1. The van der Waals surface area contributed by atoms with Crippen LogP contribution in [0, 0.1) is 19.7 Å². The standard InChI is InChI=1S/C24H20FN3O3S/c1-14-11-17(12-20-22(29)26-24(32)27-23(20)30)15(2)28(14)18-7-9-19(10-8-18)31-13-16-5-3-4-6-21(16)25/h3-12H,13H2,1-2H3,(H2,26,27,29,30,32). The third-order valence-corrected chi connectivity index (χ3v) is 5.36. The first kappa shape index (κ1) is 21.5. The molecule has 1 fully saturated rings. The molecule has 0 spiro atoms. The van der Waals surface area contributed by atoms with Gasteiger partial charge in [0.1, 0.15) is 23.7 Å². The van der Waals surface area contributed by atoms with Crippen LogP contribution in [0.2, 0.25) is 0 Å². The fourth-order valence-corrected chi connectivity index (χ4v) is 3.75. The number of thiocarbonyl (C=S) groups is 1. The fraction of sp³-hybridized carbons (Fsp3) is 0.125. The summed E-state index contributed by atoms with van der Waals surface area (Å²) >= 11 is 4.83. The normalized spacial score (nSPS) is 13.6. The topological polar surface area (TPSA) is 72.4 Å². The molecule has 2 amide bonds. The summed E-state index contributed by atoms with van der Waals surface area (Å²) in [5, 5.41) is 4.87. The van der Waals surface area contributed by atoms with Crippen LogP contribution < -0.4 is 15.4 Å². The zero-order valence-corrected chi connectivity index (χ0v) is 18.3. The van der Waals surface area contributed by atoms with Gasteiger partial charge in [0, 0.05) is 22.6 Å². The molecule has 0 aliphatic carbocycles. The summed E-state index contributed by atoms with van der Waals surface area (Å²) in [6.07, 6.45) is 1.55. The van der Waals surface area contributed by atoms with E-state index in [0.29, 0.717) is 11.3 Å². The molecule has 1 aromatic heterocycles. The van der Waals surface area contributed by atoms with Crippen LogP contribution in [0.4, 0.5) is 4.39 Å². The zero-order chi connectivity index (χ0) is 22.8. The molecule has 6 nitrogen and oxygen atoms in total. The highest BCUT2D eigenvalue weighted by Gasteiger charge is 2.26. The number of aryl methyl sites for hydroxylation is 1. The van der Waals surface area contributed by atoms with Crippen molar-refractivity contribution < 1.29 is 18.7 Å². The Labute approximate surface area is 189 Å². The van der Waals surface area contributed by atoms with Crippen molar-refractivity contribution >= 4 is 35.2 Å². The molecule has 162 valence electrons. The van der Waals surface area contributed by atoms with Gasteiger partial charge >= 0.3 is 0 Å². The van der Waals surface area contributed by atoms with E-state index in [1.54, 1.807) is 24.3 Å². The van der Waals surface area contributed by atoms with Crippen LogP contribution in [0.3, 0.4) is 0 Å². The Morgan fingerprint density at radius 2 is 1.69 bits per heavy atom. The molecule has 0 saturated carbocycles. The summed E-state index contributed by atoms with van der Waals surface area (Å²) in [5.74, 6) is -0.736. The highest BCUT2D eigenvalue weighted by atomic mass is 32.1. The van der Waals surface area contributed by atoms with Crippen molar-refractivity contribution in [1.82, 2.24) is 15.2 Å². The number of hydrogen-bond acceptors (Lipinski definition) is 4. The number of halogens is 1. The van der Waals surface area contributed by atoms with Crippen molar-refractivity contribution in [3.8, 4) is 11.4 Å². The van der Waals surface area contributed by atoms with Crippen molar-refractivity contribution in [3.05, 3.63) is 88.5 Å². The van der Waals surface area contributed by atoms with Crippen LogP contribution in [0.1, 0.15) is 22.5 Å². The molecule has 32 heavy (non-hydrogen) atoms. The van der Waals surface area contributed by atoms with Gasteiger partial charge in [0.05, 0.1) is 0 Å². The number of amides is 2. The molecule has 1 aliphatic heterocycles. The Kier molecular flexibility index (Phi) is 5.87. The van der Waals surface area contributed by atoms with Crippen LogP contribution in [0.5, 0.6) is 5.75 Å². The Balaban J connectivity index is 1.56. The van der Waals surface area contributed by atoms with Crippen molar-refractivity contribution in [1.29, 1.82) is 0 Å². The van der Waals surface area contributed by atoms with Crippen molar-refractivity contribution in [2.24, 2.45) is 0 Å². The summed E-state index contributed by atoms with van der Waals surface area (Å²) in [5.41, 5.74) is 3.92. The van der Waals surface area contributed by atoms with E-state index in [1.165, 1.54) is 6.07 Å². The summed E-state index contributed by atoms with van der Waals surface area (Å²) in [6.45, 7) is 3.98. The average Bonchev–Trinajstić information content (AvgIpc) is 3.03. The Morgan fingerprint density at radius 3 is 2.34 bits per heavy atom. The van der Waals surface area contributed by atoms with Gasteiger partial charge in [-0.15, -0.1) is 0 Å². The monoisotopic (exact) mass is 449 g/mol. The summed E-state index contributed by atoms with van der Waals surface area (Å²) < 4.78 is 21.5. The van der Waals surface area contributed by atoms with Gasteiger partial charge in [-0.2, -0.15) is 0 Å². The first-order valence-electron chi connectivity index (χ1n) is 9.87. The molecule has 4 rings (SSSR count). The molecule has 0 unspecified atom stereocenters. The van der Waals surface area contributed by atoms with Gasteiger partial charge in [0.2, 0.25) is 0 Å². The maximum atomic E-state index is 13.8. The van der Waals surface area contributed by atoms with Gasteiger partial charge in [0.25, 0.3) is 11.8 Å². The highest BCUT2D eigenvalue weighted by molar-refractivity contribution is 7.80. The first-order chi connectivity index (χ1) is 15.3. The first-order valence-corrected chi connectivity index (χ1v) is 10.3. The quantitative estimate of drug-likeness (QED) is 0.354. The van der Waals surface area contributed by atoms with E-state index in [0.717, 1.165) is 22.6 Å². The third kappa shape index (κ3) is 4.31. The predicted molar refractivity (Wildman–Crippen MR) is 123 cm³/mol. The van der Waals surface area contributed by atoms with Gasteiger partial charge in [0.15, 0.2) is 5.11 Å². The molecule has 2 heterocycles. The third-order valence-electron chi connectivity index (χ3n) is 5.16. The van der Waals surface area contributed by atoms with E-state index in [2.05, 4.69) is 10.6 Å². The Hall–Kier alpha value is -3.78. The van der Waals surface area contributed by atoms with E-state index in [9.17, 15) is 14.0 Å². The van der Waals surface area contributed by atoms with E-state index >= 15 is 0 Å². The number of benzene rings is 2. The molecule has 0 atom stereocenters. The highest BCUT2D eigenvalue weighted by Crippen LogP contribution is 2.25. The second-order valence-corrected chi connectivity index (χ2v) is 7.74. The molecule has 3 aromatic rings. The molecule has 2 N–H and O–H groups in total. The van der Waals surface area contributed by atoms with Gasteiger partial charge in [-0.3, -0.25) is 20.2 Å². The lowest BCUT2D eigenvalue weighted by atomic mass is 10.1. The van der Waals surface area contributed by atoms with Crippen molar-refractivity contribution in [2.45, 2.75) is 20.5 Å².